The number of benzene rings is 15. The normalized spacial score (nSPS) is 10.9. The number of anilines is 6. The number of para-hydroxylation sites is 6. The second kappa shape index (κ2) is 29.6. The number of nitriles is 4. The Bertz CT molecular complexity index is 6800. The van der Waals surface area contributed by atoms with Gasteiger partial charge in [-0.15, -0.1) is 9.97 Å². The summed E-state index contributed by atoms with van der Waals surface area (Å²) < 4.78 is 4.73. The topological polar surface area (TPSA) is 198 Å². The van der Waals surface area contributed by atoms with Crippen LogP contribution in [0, 0.1) is 58.5 Å². The largest absolute Gasteiger partial charge is 0.370 e. The van der Waals surface area contributed by atoms with Gasteiger partial charge in [0.1, 0.15) is 46.3 Å². The van der Waals surface area contributed by atoms with E-state index in [1.54, 1.807) is 24.3 Å². The van der Waals surface area contributed by atoms with Gasteiger partial charge < -0.3 is 28.6 Å². The molecule has 0 amide bonds. The van der Waals surface area contributed by atoms with Crippen LogP contribution in [0.2, 0.25) is 0 Å². The first-order valence-electron chi connectivity index (χ1n) is 36.5. The predicted molar refractivity (Wildman–Crippen MR) is 454 cm³/mol. The van der Waals surface area contributed by atoms with E-state index < -0.39 is 0 Å². The van der Waals surface area contributed by atoms with Crippen molar-refractivity contribution in [3.05, 3.63) is 385 Å². The molecule has 5 aromatic heterocycles. The minimum atomic E-state index is -0.301. The number of hydrogen-bond acceptors (Lipinski definition) is 12. The molecule has 20 aromatic rings. The van der Waals surface area contributed by atoms with Gasteiger partial charge in [0, 0.05) is 66.4 Å². The van der Waals surface area contributed by atoms with Crippen LogP contribution in [0.15, 0.2) is 340 Å². The summed E-state index contributed by atoms with van der Waals surface area (Å²) in [7, 11) is 0. The van der Waals surface area contributed by atoms with Crippen molar-refractivity contribution in [2.75, 3.05) is 9.80 Å². The Morgan fingerprint density at radius 2 is 0.535 bits per heavy atom. The fourth-order valence-electron chi connectivity index (χ4n) is 15.2. The molecule has 0 aliphatic carbocycles. The zero-order valence-corrected chi connectivity index (χ0v) is 60.5. The summed E-state index contributed by atoms with van der Waals surface area (Å²) in [6.45, 7) is 14.5. The van der Waals surface area contributed by atoms with Crippen molar-refractivity contribution in [1.82, 2.24) is 39.0 Å². The lowest BCUT2D eigenvalue weighted by Crippen LogP contribution is -2.10. The quantitative estimate of drug-likeness (QED) is 0.0929. The lowest BCUT2D eigenvalue weighted by atomic mass is 10.0. The van der Waals surface area contributed by atoms with Crippen LogP contribution in [0.4, 0.5) is 45.8 Å². The Hall–Kier alpha value is -17.0. The number of fused-ring (bicyclic) bond motifs is 14. The minimum absolute atomic E-state index is 0.00714. The highest BCUT2D eigenvalue weighted by Crippen LogP contribution is 2.44. The van der Waals surface area contributed by atoms with Crippen molar-refractivity contribution in [3.8, 4) is 57.9 Å². The van der Waals surface area contributed by atoms with Crippen LogP contribution >= 0.6 is 0 Å². The molecule has 0 aliphatic heterocycles. The summed E-state index contributed by atoms with van der Waals surface area (Å²) >= 11 is 0. The molecule has 16 nitrogen and oxygen atoms in total. The molecule has 0 radical (unpaired) electrons. The van der Waals surface area contributed by atoms with Crippen LogP contribution in [0.5, 0.6) is 0 Å². The van der Waals surface area contributed by atoms with Crippen LogP contribution in [-0.2, 0) is 0 Å². The second-order valence-electron chi connectivity index (χ2n) is 26.7. The van der Waals surface area contributed by atoms with Crippen molar-refractivity contribution in [2.45, 2.75) is 0 Å². The van der Waals surface area contributed by atoms with Gasteiger partial charge >= 0.3 is 0 Å². The summed E-state index contributed by atoms with van der Waals surface area (Å²) in [5.41, 5.74) is 17.7. The van der Waals surface area contributed by atoms with Gasteiger partial charge in [-0.25, -0.2) is 19.9 Å². The first-order valence-corrected chi connectivity index (χ1v) is 36.5. The maximum Gasteiger partial charge on any atom is 0.294 e. The molecule has 5 heterocycles. The summed E-state index contributed by atoms with van der Waals surface area (Å²) in [5, 5.41) is 47.2. The molecule has 0 aliphatic rings. The zero-order chi connectivity index (χ0) is 77.2. The van der Waals surface area contributed by atoms with Crippen LogP contribution < -0.4 is 9.80 Å². The van der Waals surface area contributed by atoms with E-state index in [0.29, 0.717) is 0 Å². The van der Waals surface area contributed by atoms with Crippen LogP contribution in [0.25, 0.3) is 142 Å². The van der Waals surface area contributed by atoms with E-state index >= 15 is 0 Å². The molecule has 15 aromatic carbocycles. The van der Waals surface area contributed by atoms with Crippen molar-refractivity contribution in [2.24, 2.45) is 0 Å². The molecule has 0 fully saturated rings. The molecule has 114 heavy (non-hydrogen) atoms. The van der Waals surface area contributed by atoms with Gasteiger partial charge in [-0.2, -0.15) is 21.0 Å². The SMILES string of the molecule is [C-]#[N+]c1nc2c3nc(C#N)c(C#N)nc3c3nc(C#N)c(C#N)nc3c2nc1[N+]#[C-].c1ccc(-n2c3ccccc3c3cc(-c4ccc5c(c4)c4ccccc4n5-c4ccccc4)ccc32)cc1.c1ccc(N(c2ccc(-c3ccc(N(c4ccccc4)c4cccc5ccccc45)cc3)cc2)c2cccc3ccccc23)cc1. The molecule has 0 bridgehead atoms. The fraction of sp³-hybridized carbons (Fsp3) is 0. The van der Waals surface area contributed by atoms with E-state index in [9.17, 15) is 21.0 Å². The third-order valence-electron chi connectivity index (χ3n) is 20.3. The lowest BCUT2D eigenvalue weighted by molar-refractivity contribution is 1.17. The van der Waals surface area contributed by atoms with Gasteiger partial charge in [-0.3, -0.25) is 0 Å². The number of rotatable bonds is 10. The van der Waals surface area contributed by atoms with Crippen LogP contribution in [-0.4, -0.2) is 39.0 Å². The highest BCUT2D eigenvalue weighted by atomic mass is 15.2. The third-order valence-corrected chi connectivity index (χ3v) is 20.3. The summed E-state index contributed by atoms with van der Waals surface area (Å²) in [6, 6.07) is 129. The van der Waals surface area contributed by atoms with Gasteiger partial charge in [0.25, 0.3) is 11.6 Å². The highest BCUT2D eigenvalue weighted by Gasteiger charge is 2.28. The first kappa shape index (κ1) is 68.8. The maximum absolute atomic E-state index is 9.29. The standard InChI is InChI=1S/C44H32N2.C36H24N2.C18N12/c1-3-17-37(18-4-1)45(43-23-11-15-35-13-7-9-21-41(35)43)39-29-25-33(26-30-39)34-27-31-40(32-28-34)46(38-19-5-2-6-20-38)44-24-12-16-36-14-8-10-22-42(36)44;1-3-11-27(12-4-1)37-33-17-9-7-15-29(33)31-23-25(19-21-35(31)37)26-20-22-36-32(24-26)30-16-8-10-18-34(30)38(36)28-13-5-2-6-14-28;1-23-17-18(24-2)30-16-14-12(26-8(4-20)10(6-22)28-14)11-13(15(16)29-17)27-9(5-21)7(3-19)25-11/h1-32H;1-24H;. The maximum atomic E-state index is 9.29. The van der Waals surface area contributed by atoms with Crippen molar-refractivity contribution < 1.29 is 0 Å². The summed E-state index contributed by atoms with van der Waals surface area (Å²) in [4.78, 5) is 35.8. The number of aromatic nitrogens is 8. The molecule has 0 atom stereocenters. The smallest absolute Gasteiger partial charge is 0.294 e. The molecule has 528 valence electrons. The highest BCUT2D eigenvalue weighted by molar-refractivity contribution is 6.19. The average Bonchev–Trinajstić information content (AvgIpc) is 1.32. The second-order valence-corrected chi connectivity index (χ2v) is 26.7. The van der Waals surface area contributed by atoms with Gasteiger partial charge in [-0.05, 0) is 154 Å². The molecular formula is C98H56N16. The average molecular weight is 1460 g/mol. The summed E-state index contributed by atoms with van der Waals surface area (Å²) in [5.74, 6) is -0.602. The van der Waals surface area contributed by atoms with Crippen LogP contribution in [0.3, 0.4) is 0 Å². The predicted octanol–water partition coefficient (Wildman–Crippen LogP) is 24.3. The van der Waals surface area contributed by atoms with E-state index in [4.69, 9.17) is 13.1 Å². The van der Waals surface area contributed by atoms with Crippen molar-refractivity contribution in [1.29, 1.82) is 21.0 Å². The molecule has 0 N–H and O–H groups in total. The Labute approximate surface area is 653 Å². The van der Waals surface area contributed by atoms with E-state index in [0.717, 1.165) is 34.1 Å². The Morgan fingerprint density at radius 3 is 0.886 bits per heavy atom. The molecule has 20 rings (SSSR count). The lowest BCUT2D eigenvalue weighted by Gasteiger charge is -2.27. The molecular weight excluding hydrogens is 1400 g/mol. The van der Waals surface area contributed by atoms with E-state index in [-0.39, 0.29) is 67.5 Å². The molecule has 0 unspecified atom stereocenters. The van der Waals surface area contributed by atoms with Gasteiger partial charge in [-0.1, -0.05) is 232 Å². The Morgan fingerprint density at radius 1 is 0.254 bits per heavy atom. The third kappa shape index (κ3) is 12.3. The van der Waals surface area contributed by atoms with Gasteiger partial charge in [0.05, 0.1) is 33.4 Å². The van der Waals surface area contributed by atoms with Gasteiger partial charge in [0.15, 0.2) is 22.8 Å². The molecule has 16 heteroatoms. The fourth-order valence-corrected chi connectivity index (χ4v) is 15.2. The number of hydrogen-bond donors (Lipinski definition) is 0. The first-order chi connectivity index (χ1) is 56.3. The Balaban J connectivity index is 0.000000122. The summed E-state index contributed by atoms with van der Waals surface area (Å²) in [6.07, 6.45) is 0. The number of nitrogens with zero attached hydrogens (tertiary/aromatic N) is 16. The minimum Gasteiger partial charge on any atom is -0.370 e. The van der Waals surface area contributed by atoms with Crippen molar-refractivity contribution in [3.63, 3.8) is 0 Å². The van der Waals surface area contributed by atoms with Crippen molar-refractivity contribution >= 4 is 144 Å². The Kier molecular flexibility index (Phi) is 17.9. The molecule has 0 saturated heterocycles. The molecule has 0 spiro atoms. The van der Waals surface area contributed by atoms with Gasteiger partial charge in [0.2, 0.25) is 11.0 Å². The van der Waals surface area contributed by atoms with E-state index in [1.165, 1.54) is 98.8 Å². The van der Waals surface area contributed by atoms with Crippen LogP contribution in [0.1, 0.15) is 22.8 Å². The molecule has 0 saturated carbocycles. The van der Waals surface area contributed by atoms with E-state index in [1.807, 2.05) is 0 Å². The monoisotopic (exact) mass is 1460 g/mol. The zero-order valence-electron chi connectivity index (χ0n) is 60.5. The van der Waals surface area contributed by atoms with E-state index in [2.05, 4.69) is 398 Å².